The van der Waals surface area contributed by atoms with E-state index in [1.54, 1.807) is 24.3 Å². The highest BCUT2D eigenvalue weighted by atomic mass is 32.1. The molecule has 172 valence electrons. The Bertz CT molecular complexity index is 1190. The van der Waals surface area contributed by atoms with Gasteiger partial charge in [-0.2, -0.15) is 13.2 Å². The van der Waals surface area contributed by atoms with Gasteiger partial charge in [0.2, 0.25) is 5.91 Å². The van der Waals surface area contributed by atoms with Crippen molar-refractivity contribution in [1.82, 2.24) is 0 Å². The van der Waals surface area contributed by atoms with Crippen molar-refractivity contribution in [3.63, 3.8) is 0 Å². The Morgan fingerprint density at radius 1 is 1.00 bits per heavy atom. The first-order chi connectivity index (χ1) is 15.6. The Balaban J connectivity index is 1.87. The summed E-state index contributed by atoms with van der Waals surface area (Å²) >= 11 is 0.839. The summed E-state index contributed by atoms with van der Waals surface area (Å²) in [6.07, 6.45) is -4.52. The van der Waals surface area contributed by atoms with E-state index in [2.05, 4.69) is 10.6 Å². The summed E-state index contributed by atoms with van der Waals surface area (Å²) in [6.45, 7) is 1.50. The van der Waals surface area contributed by atoms with Gasteiger partial charge in [0.25, 0.3) is 5.91 Å². The largest absolute Gasteiger partial charge is 0.465 e. The molecule has 2 N–H and O–H groups in total. The second-order valence-corrected chi connectivity index (χ2v) is 8.02. The zero-order valence-electron chi connectivity index (χ0n) is 17.6. The number of carbonyl (C=O) groups is 3. The number of rotatable bonds is 6. The normalized spacial score (nSPS) is 11.1. The number of methoxy groups -OCH3 is 1. The number of hydrogen-bond donors (Lipinski definition) is 2. The van der Waals surface area contributed by atoms with Gasteiger partial charge in [0.1, 0.15) is 5.00 Å². The molecule has 0 bridgehead atoms. The van der Waals surface area contributed by atoms with Gasteiger partial charge >= 0.3 is 12.1 Å². The standard InChI is InChI=1S/C23H19F3N2O4S/c1-13-18(22(31)32-2)21(28-17(29)11-14-7-4-3-5-8-14)33-19(13)20(30)27-16-10-6-9-15(12-16)23(24,25)26/h3-10,12H,11H2,1-2H3,(H,27,30)(H,28,29). The van der Waals surface area contributed by atoms with E-state index < -0.39 is 29.5 Å². The first-order valence-electron chi connectivity index (χ1n) is 9.64. The number of thiophene rings is 1. The van der Waals surface area contributed by atoms with E-state index in [1.807, 2.05) is 6.07 Å². The van der Waals surface area contributed by atoms with Gasteiger partial charge in [-0.05, 0) is 36.2 Å². The van der Waals surface area contributed by atoms with E-state index in [0.29, 0.717) is 0 Å². The number of anilines is 2. The summed E-state index contributed by atoms with van der Waals surface area (Å²) in [5, 5.41) is 5.16. The van der Waals surface area contributed by atoms with Gasteiger partial charge in [0.15, 0.2) is 0 Å². The maximum absolute atomic E-state index is 13.0. The number of hydrogen-bond acceptors (Lipinski definition) is 5. The van der Waals surface area contributed by atoms with Crippen LogP contribution in [0.4, 0.5) is 23.9 Å². The molecule has 1 aromatic heterocycles. The van der Waals surface area contributed by atoms with Gasteiger partial charge in [0, 0.05) is 5.69 Å². The first kappa shape index (κ1) is 24.0. The Morgan fingerprint density at radius 3 is 2.33 bits per heavy atom. The Morgan fingerprint density at radius 2 is 1.70 bits per heavy atom. The summed E-state index contributed by atoms with van der Waals surface area (Å²) in [7, 11) is 1.16. The predicted molar refractivity (Wildman–Crippen MR) is 119 cm³/mol. The van der Waals surface area contributed by atoms with E-state index in [9.17, 15) is 27.6 Å². The average Bonchev–Trinajstić information content (AvgIpc) is 3.09. The van der Waals surface area contributed by atoms with Crippen LogP contribution in [0.3, 0.4) is 0 Å². The lowest BCUT2D eigenvalue weighted by molar-refractivity contribution is -0.137. The molecular formula is C23H19F3N2O4S. The van der Waals surface area contributed by atoms with Crippen molar-refractivity contribution in [1.29, 1.82) is 0 Å². The first-order valence-corrected chi connectivity index (χ1v) is 10.5. The molecule has 2 amide bonds. The monoisotopic (exact) mass is 476 g/mol. The molecule has 0 saturated carbocycles. The zero-order valence-corrected chi connectivity index (χ0v) is 18.4. The van der Waals surface area contributed by atoms with Crippen molar-refractivity contribution >= 4 is 39.8 Å². The molecule has 0 aliphatic heterocycles. The number of amides is 2. The van der Waals surface area contributed by atoms with E-state index in [-0.39, 0.29) is 33.1 Å². The van der Waals surface area contributed by atoms with Crippen molar-refractivity contribution in [3.8, 4) is 0 Å². The summed E-state index contributed by atoms with van der Waals surface area (Å²) in [5.74, 6) is -1.88. The average molecular weight is 476 g/mol. The molecule has 0 saturated heterocycles. The molecule has 33 heavy (non-hydrogen) atoms. The highest BCUT2D eigenvalue weighted by Crippen LogP contribution is 2.35. The zero-order chi connectivity index (χ0) is 24.2. The molecule has 0 aliphatic rings. The maximum Gasteiger partial charge on any atom is 0.416 e. The molecule has 0 fully saturated rings. The number of nitrogens with one attached hydrogen (secondary N) is 2. The van der Waals surface area contributed by atoms with Crippen molar-refractivity contribution in [3.05, 3.63) is 81.7 Å². The molecule has 0 spiro atoms. The van der Waals surface area contributed by atoms with Crippen LogP contribution in [0.15, 0.2) is 54.6 Å². The lowest BCUT2D eigenvalue weighted by atomic mass is 10.1. The molecule has 0 aliphatic carbocycles. The Kier molecular flexibility index (Phi) is 7.17. The number of ether oxygens (including phenoxy) is 1. The summed E-state index contributed by atoms with van der Waals surface area (Å²) in [6, 6.07) is 13.1. The third-order valence-corrected chi connectivity index (χ3v) is 5.86. The van der Waals surface area contributed by atoms with Gasteiger partial charge in [-0.3, -0.25) is 9.59 Å². The second kappa shape index (κ2) is 9.86. The van der Waals surface area contributed by atoms with Crippen LogP contribution in [0, 0.1) is 6.92 Å². The molecule has 2 aromatic carbocycles. The fourth-order valence-corrected chi connectivity index (χ4v) is 4.19. The molecule has 3 rings (SSSR count). The van der Waals surface area contributed by atoms with Crippen LogP contribution in [-0.4, -0.2) is 24.9 Å². The smallest absolute Gasteiger partial charge is 0.416 e. The number of esters is 1. The summed E-state index contributed by atoms with van der Waals surface area (Å²) in [5.41, 5.74) is 0.0408. The van der Waals surface area contributed by atoms with E-state index >= 15 is 0 Å². The van der Waals surface area contributed by atoms with Crippen molar-refractivity contribution < 1.29 is 32.3 Å². The van der Waals surface area contributed by atoms with E-state index in [0.717, 1.165) is 36.1 Å². The third-order valence-electron chi connectivity index (χ3n) is 4.65. The molecule has 0 unspecified atom stereocenters. The van der Waals surface area contributed by atoms with Crippen LogP contribution in [0.5, 0.6) is 0 Å². The van der Waals surface area contributed by atoms with E-state index in [4.69, 9.17) is 4.74 Å². The highest BCUT2D eigenvalue weighted by molar-refractivity contribution is 7.18. The lowest BCUT2D eigenvalue weighted by Crippen LogP contribution is -2.16. The summed E-state index contributed by atoms with van der Waals surface area (Å²) < 4.78 is 43.6. The van der Waals surface area contributed by atoms with Gasteiger partial charge in [-0.15, -0.1) is 11.3 Å². The quantitative estimate of drug-likeness (QED) is 0.473. The minimum absolute atomic E-state index is 0.0121. The van der Waals surface area contributed by atoms with Crippen molar-refractivity contribution in [2.75, 3.05) is 17.7 Å². The molecule has 3 aromatic rings. The third kappa shape index (κ3) is 5.78. The summed E-state index contributed by atoms with van der Waals surface area (Å²) in [4.78, 5) is 37.7. The van der Waals surface area contributed by atoms with Gasteiger partial charge in [-0.1, -0.05) is 36.4 Å². The van der Waals surface area contributed by atoms with Crippen LogP contribution in [0.1, 0.15) is 36.7 Å². The van der Waals surface area contributed by atoms with Crippen LogP contribution >= 0.6 is 11.3 Å². The molecule has 10 heteroatoms. The fraction of sp³-hybridized carbons (Fsp3) is 0.174. The SMILES string of the molecule is COC(=O)c1c(NC(=O)Cc2ccccc2)sc(C(=O)Nc2cccc(C(F)(F)F)c2)c1C. The molecule has 0 radical (unpaired) electrons. The van der Waals surface area contributed by atoms with Gasteiger partial charge < -0.3 is 15.4 Å². The predicted octanol–water partition coefficient (Wildman–Crippen LogP) is 5.30. The van der Waals surface area contributed by atoms with Crippen molar-refractivity contribution in [2.24, 2.45) is 0 Å². The molecular weight excluding hydrogens is 457 g/mol. The maximum atomic E-state index is 13.0. The van der Waals surface area contributed by atoms with Gasteiger partial charge in [0.05, 0.1) is 29.5 Å². The number of carbonyl (C=O) groups excluding carboxylic acids is 3. The molecule has 1 heterocycles. The van der Waals surface area contributed by atoms with Gasteiger partial charge in [-0.25, -0.2) is 4.79 Å². The van der Waals surface area contributed by atoms with E-state index in [1.165, 1.54) is 19.1 Å². The number of halogens is 3. The number of benzene rings is 2. The lowest BCUT2D eigenvalue weighted by Gasteiger charge is -2.09. The fourth-order valence-electron chi connectivity index (χ4n) is 3.08. The van der Waals surface area contributed by atoms with Crippen molar-refractivity contribution in [2.45, 2.75) is 19.5 Å². The minimum atomic E-state index is -4.56. The van der Waals surface area contributed by atoms with Crippen LogP contribution in [0.25, 0.3) is 0 Å². The minimum Gasteiger partial charge on any atom is -0.465 e. The Hall–Kier alpha value is -3.66. The number of alkyl halides is 3. The molecule has 0 atom stereocenters. The highest BCUT2D eigenvalue weighted by Gasteiger charge is 2.31. The van der Waals surface area contributed by atoms with Crippen LogP contribution < -0.4 is 10.6 Å². The second-order valence-electron chi connectivity index (χ2n) is 7.00. The topological polar surface area (TPSA) is 84.5 Å². The van der Waals surface area contributed by atoms with Crippen LogP contribution in [-0.2, 0) is 22.1 Å². The molecule has 6 nitrogen and oxygen atoms in total. The van der Waals surface area contributed by atoms with Crippen LogP contribution in [0.2, 0.25) is 0 Å². The Labute approximate surface area is 191 Å².